The number of nitrogens with one attached hydrogen (secondary N) is 1. The van der Waals surface area contributed by atoms with E-state index < -0.39 is 17.7 Å². The van der Waals surface area contributed by atoms with Crippen molar-refractivity contribution < 1.29 is 19.4 Å². The van der Waals surface area contributed by atoms with Crippen molar-refractivity contribution in [3.63, 3.8) is 0 Å². The van der Waals surface area contributed by atoms with Crippen molar-refractivity contribution in [2.75, 3.05) is 13.2 Å². The SMILES string of the molecule is CC(C)(C)c1ccc(OC[C@H](O)CN2C(=O)N[C@@]3(CCCc4ccccc43)C2=O)cc1. The third-order valence-electron chi connectivity index (χ3n) is 6.21. The molecule has 1 fully saturated rings. The third-order valence-corrected chi connectivity index (χ3v) is 6.21. The van der Waals surface area contributed by atoms with Gasteiger partial charge in [0.1, 0.15) is 24.0 Å². The lowest BCUT2D eigenvalue weighted by Crippen LogP contribution is -2.47. The smallest absolute Gasteiger partial charge is 0.325 e. The fourth-order valence-electron chi connectivity index (χ4n) is 4.48. The molecule has 0 unspecified atom stereocenters. The Hall–Kier alpha value is -2.86. The maximum atomic E-state index is 13.3. The molecule has 0 radical (unpaired) electrons. The van der Waals surface area contributed by atoms with Crippen LogP contribution in [-0.4, -0.2) is 41.2 Å². The first-order valence-electron chi connectivity index (χ1n) is 10.8. The molecule has 2 atom stereocenters. The normalized spacial score (nSPS) is 21.7. The van der Waals surface area contributed by atoms with E-state index in [-0.39, 0.29) is 24.5 Å². The zero-order valence-corrected chi connectivity index (χ0v) is 18.4. The lowest BCUT2D eigenvalue weighted by atomic mass is 9.76. The Bertz CT molecular complexity index is 980. The molecular weight excluding hydrogens is 392 g/mol. The molecule has 0 aromatic heterocycles. The van der Waals surface area contributed by atoms with E-state index in [0.717, 1.165) is 28.9 Å². The summed E-state index contributed by atoms with van der Waals surface area (Å²) in [6, 6.07) is 15.0. The number of carbonyl (C=O) groups is 2. The van der Waals surface area contributed by atoms with Crippen LogP contribution in [0.4, 0.5) is 4.79 Å². The van der Waals surface area contributed by atoms with Crippen LogP contribution >= 0.6 is 0 Å². The maximum absolute atomic E-state index is 13.3. The number of urea groups is 1. The number of carbonyl (C=O) groups excluding carboxylic acids is 2. The molecule has 1 saturated heterocycles. The number of β-amino-alcohol motifs (C(OH)–C–C–N with tert-alkyl or cyclic N) is 1. The number of hydrogen-bond donors (Lipinski definition) is 2. The monoisotopic (exact) mass is 422 g/mol. The van der Waals surface area contributed by atoms with Crippen molar-refractivity contribution >= 4 is 11.9 Å². The van der Waals surface area contributed by atoms with E-state index in [9.17, 15) is 14.7 Å². The minimum atomic E-state index is -1.02. The highest BCUT2D eigenvalue weighted by Crippen LogP contribution is 2.39. The largest absolute Gasteiger partial charge is 0.491 e. The summed E-state index contributed by atoms with van der Waals surface area (Å²) in [5, 5.41) is 13.4. The van der Waals surface area contributed by atoms with Crippen molar-refractivity contribution in [3.8, 4) is 5.75 Å². The highest BCUT2D eigenvalue weighted by atomic mass is 16.5. The van der Waals surface area contributed by atoms with E-state index in [2.05, 4.69) is 26.1 Å². The zero-order valence-electron chi connectivity index (χ0n) is 18.4. The van der Waals surface area contributed by atoms with Crippen LogP contribution in [0.5, 0.6) is 5.75 Å². The Balaban J connectivity index is 1.41. The molecule has 164 valence electrons. The van der Waals surface area contributed by atoms with Crippen LogP contribution in [0.25, 0.3) is 0 Å². The van der Waals surface area contributed by atoms with Gasteiger partial charge in [-0.05, 0) is 53.5 Å². The number of aliphatic hydroxyl groups is 1. The predicted octanol–water partition coefficient (Wildman–Crippen LogP) is 3.51. The molecule has 2 aliphatic rings. The molecule has 1 heterocycles. The number of benzene rings is 2. The summed E-state index contributed by atoms with van der Waals surface area (Å²) in [5.74, 6) is 0.347. The van der Waals surface area contributed by atoms with Crippen LogP contribution in [0.15, 0.2) is 48.5 Å². The molecular formula is C25H30N2O4. The third kappa shape index (κ3) is 4.04. The lowest BCUT2D eigenvalue weighted by Gasteiger charge is -2.33. The van der Waals surface area contributed by atoms with E-state index in [0.29, 0.717) is 12.2 Å². The molecule has 31 heavy (non-hydrogen) atoms. The van der Waals surface area contributed by atoms with Gasteiger partial charge >= 0.3 is 6.03 Å². The van der Waals surface area contributed by atoms with E-state index in [1.54, 1.807) is 0 Å². The highest BCUT2D eigenvalue weighted by molar-refractivity contribution is 6.07. The Morgan fingerprint density at radius 3 is 2.55 bits per heavy atom. The number of nitrogens with zero attached hydrogens (tertiary/aromatic N) is 1. The number of imide groups is 1. The minimum Gasteiger partial charge on any atom is -0.491 e. The summed E-state index contributed by atoms with van der Waals surface area (Å²) >= 11 is 0. The van der Waals surface area contributed by atoms with Crippen LogP contribution in [0, 0.1) is 0 Å². The van der Waals surface area contributed by atoms with Gasteiger partial charge in [-0.25, -0.2) is 4.79 Å². The van der Waals surface area contributed by atoms with Gasteiger partial charge in [-0.1, -0.05) is 57.2 Å². The van der Waals surface area contributed by atoms with Crippen molar-refractivity contribution in [1.29, 1.82) is 0 Å². The number of aliphatic hydroxyl groups excluding tert-OH is 1. The Morgan fingerprint density at radius 2 is 1.84 bits per heavy atom. The molecule has 6 heteroatoms. The number of aryl methyl sites for hydroxylation is 1. The number of rotatable bonds is 5. The Labute approximate surface area is 183 Å². The fraction of sp³-hybridized carbons (Fsp3) is 0.440. The van der Waals surface area contributed by atoms with Crippen molar-refractivity contribution in [2.45, 2.75) is 57.1 Å². The van der Waals surface area contributed by atoms with Crippen LogP contribution in [0.1, 0.15) is 50.3 Å². The maximum Gasteiger partial charge on any atom is 0.325 e. The van der Waals surface area contributed by atoms with Gasteiger partial charge in [-0.3, -0.25) is 9.69 Å². The molecule has 2 aromatic rings. The van der Waals surface area contributed by atoms with Gasteiger partial charge in [0, 0.05) is 0 Å². The van der Waals surface area contributed by atoms with Gasteiger partial charge in [-0.2, -0.15) is 0 Å². The first-order valence-corrected chi connectivity index (χ1v) is 10.8. The zero-order chi connectivity index (χ0) is 22.2. The van der Waals surface area contributed by atoms with E-state index in [1.165, 1.54) is 5.56 Å². The number of ether oxygens (including phenoxy) is 1. The summed E-state index contributed by atoms with van der Waals surface area (Å²) < 4.78 is 5.69. The topological polar surface area (TPSA) is 78.9 Å². The quantitative estimate of drug-likeness (QED) is 0.723. The molecule has 0 saturated carbocycles. The molecule has 3 amide bonds. The van der Waals surface area contributed by atoms with E-state index >= 15 is 0 Å². The second-order valence-corrected chi connectivity index (χ2v) is 9.50. The standard InChI is InChI=1S/C25H30N2O4/c1-24(2,3)18-10-12-20(13-11-18)31-16-19(28)15-27-22(29)25(26-23(27)30)14-6-8-17-7-4-5-9-21(17)25/h4-5,7,9-13,19,28H,6,8,14-16H2,1-3H3,(H,26,30)/t19-,25-/m1/s1. The average Bonchev–Trinajstić information content (AvgIpc) is 2.97. The highest BCUT2D eigenvalue weighted by Gasteiger charge is 2.54. The molecule has 1 aliphatic heterocycles. The van der Waals surface area contributed by atoms with Gasteiger partial charge in [0.2, 0.25) is 0 Å². The predicted molar refractivity (Wildman–Crippen MR) is 118 cm³/mol. The van der Waals surface area contributed by atoms with Crippen molar-refractivity contribution in [2.24, 2.45) is 0 Å². The number of fused-ring (bicyclic) bond motifs is 2. The van der Waals surface area contributed by atoms with Gasteiger partial charge in [-0.15, -0.1) is 0 Å². The fourth-order valence-corrected chi connectivity index (χ4v) is 4.48. The number of hydrogen-bond acceptors (Lipinski definition) is 4. The van der Waals surface area contributed by atoms with Gasteiger partial charge < -0.3 is 15.2 Å². The lowest BCUT2D eigenvalue weighted by molar-refractivity contribution is -0.133. The molecule has 1 aliphatic carbocycles. The van der Waals surface area contributed by atoms with Gasteiger partial charge in [0.05, 0.1) is 6.54 Å². The summed E-state index contributed by atoms with van der Waals surface area (Å²) in [5.41, 5.74) is 2.18. The first kappa shape index (κ1) is 21.4. The first-order chi connectivity index (χ1) is 14.7. The second kappa shape index (κ2) is 8.00. The summed E-state index contributed by atoms with van der Waals surface area (Å²) in [7, 11) is 0. The molecule has 2 aromatic carbocycles. The molecule has 0 bridgehead atoms. The molecule has 6 nitrogen and oxygen atoms in total. The molecule has 2 N–H and O–H groups in total. The Kier molecular flexibility index (Phi) is 5.52. The Morgan fingerprint density at radius 1 is 1.13 bits per heavy atom. The van der Waals surface area contributed by atoms with Crippen LogP contribution in [0.3, 0.4) is 0 Å². The average molecular weight is 423 g/mol. The minimum absolute atomic E-state index is 0.00445. The summed E-state index contributed by atoms with van der Waals surface area (Å²) in [6.07, 6.45) is 1.31. The van der Waals surface area contributed by atoms with Crippen molar-refractivity contribution in [1.82, 2.24) is 10.2 Å². The van der Waals surface area contributed by atoms with Gasteiger partial charge in [0.25, 0.3) is 5.91 Å². The van der Waals surface area contributed by atoms with Crippen molar-refractivity contribution in [3.05, 3.63) is 65.2 Å². The van der Waals surface area contributed by atoms with Gasteiger partial charge in [0.15, 0.2) is 0 Å². The van der Waals surface area contributed by atoms with E-state index in [4.69, 9.17) is 4.74 Å². The molecule has 4 rings (SSSR count). The summed E-state index contributed by atoms with van der Waals surface area (Å²) in [6.45, 7) is 6.32. The van der Waals surface area contributed by atoms with Crippen LogP contribution in [0.2, 0.25) is 0 Å². The van der Waals surface area contributed by atoms with Crippen LogP contribution in [-0.2, 0) is 22.2 Å². The molecule has 1 spiro atoms. The van der Waals surface area contributed by atoms with E-state index in [1.807, 2.05) is 48.5 Å². The van der Waals surface area contributed by atoms with Crippen LogP contribution < -0.4 is 10.1 Å². The summed E-state index contributed by atoms with van der Waals surface area (Å²) in [4.78, 5) is 27.1. The number of amides is 3. The second-order valence-electron chi connectivity index (χ2n) is 9.50.